The van der Waals surface area contributed by atoms with Crippen molar-refractivity contribution in [1.29, 1.82) is 0 Å². The monoisotopic (exact) mass is 527 g/mol. The number of hydrogen-bond acceptors (Lipinski definition) is 5. The molecule has 1 aliphatic rings. The van der Waals surface area contributed by atoms with Crippen molar-refractivity contribution in [1.82, 2.24) is 5.32 Å². The fourth-order valence-corrected chi connectivity index (χ4v) is 5.33. The van der Waals surface area contributed by atoms with Gasteiger partial charge in [0, 0.05) is 29.1 Å². The Kier molecular flexibility index (Phi) is 7.32. The zero-order valence-corrected chi connectivity index (χ0v) is 21.1. The second-order valence-corrected chi connectivity index (χ2v) is 10.9. The van der Waals surface area contributed by atoms with E-state index in [1.165, 1.54) is 28.8 Å². The van der Waals surface area contributed by atoms with E-state index in [0.29, 0.717) is 34.1 Å². The van der Waals surface area contributed by atoms with E-state index < -0.39 is 10.0 Å². The van der Waals surface area contributed by atoms with Crippen molar-refractivity contribution in [3.8, 4) is 0 Å². The number of thioether (sulfide) groups is 1. The lowest BCUT2D eigenvalue weighted by molar-refractivity contribution is -0.114. The minimum Gasteiger partial charge on any atom is -0.352 e. The van der Waals surface area contributed by atoms with E-state index in [0.717, 1.165) is 16.0 Å². The molecule has 35 heavy (non-hydrogen) atoms. The molecule has 0 saturated carbocycles. The number of rotatable bonds is 6. The predicted octanol–water partition coefficient (Wildman–Crippen LogP) is 4.07. The van der Waals surface area contributed by atoms with Gasteiger partial charge in [-0.05, 0) is 60.0 Å². The van der Waals surface area contributed by atoms with E-state index in [9.17, 15) is 18.0 Å². The highest BCUT2D eigenvalue weighted by Crippen LogP contribution is 2.42. The van der Waals surface area contributed by atoms with Crippen LogP contribution in [0.4, 0.5) is 5.69 Å². The standard InChI is InChI=1S/C25H22ClN3O4S2/c1-29-21-14-18(24(30)28-13-12-16-6-9-19(10-7-16)35(27,32)33)8-11-22(21)34-23(25(29)31)15-17-4-2-3-5-20(17)26/h2-11,14-15H,12-13H2,1H3,(H,28,30)(H2,27,32,33). The number of halogens is 1. The van der Waals surface area contributed by atoms with Crippen LogP contribution >= 0.6 is 23.4 Å². The smallest absolute Gasteiger partial charge is 0.264 e. The summed E-state index contributed by atoms with van der Waals surface area (Å²) in [5.41, 5.74) is 2.72. The van der Waals surface area contributed by atoms with Gasteiger partial charge < -0.3 is 10.2 Å². The molecule has 0 aromatic heterocycles. The highest BCUT2D eigenvalue weighted by Gasteiger charge is 2.27. The molecule has 0 spiro atoms. The molecule has 10 heteroatoms. The number of anilines is 1. The number of nitrogens with two attached hydrogens (primary N) is 1. The van der Waals surface area contributed by atoms with Crippen molar-refractivity contribution in [2.24, 2.45) is 5.14 Å². The first-order valence-corrected chi connectivity index (χ1v) is 13.3. The summed E-state index contributed by atoms with van der Waals surface area (Å²) in [5, 5.41) is 8.53. The first-order chi connectivity index (χ1) is 16.6. The number of likely N-dealkylation sites (N-methyl/N-ethyl adjacent to an activating group) is 1. The molecule has 0 bridgehead atoms. The number of benzene rings is 3. The number of carbonyl (C=O) groups excluding carboxylic acids is 2. The molecule has 3 aromatic carbocycles. The van der Waals surface area contributed by atoms with E-state index >= 15 is 0 Å². The van der Waals surface area contributed by atoms with Gasteiger partial charge in [0.1, 0.15) is 0 Å². The van der Waals surface area contributed by atoms with Crippen LogP contribution < -0.4 is 15.4 Å². The Labute approximate surface area is 213 Å². The molecule has 0 atom stereocenters. The Morgan fingerprint density at radius 2 is 1.83 bits per heavy atom. The van der Waals surface area contributed by atoms with Gasteiger partial charge >= 0.3 is 0 Å². The molecule has 0 unspecified atom stereocenters. The molecule has 0 aliphatic carbocycles. The molecule has 7 nitrogen and oxygen atoms in total. The zero-order chi connectivity index (χ0) is 25.2. The van der Waals surface area contributed by atoms with Crippen LogP contribution in [0.3, 0.4) is 0 Å². The van der Waals surface area contributed by atoms with E-state index in [4.69, 9.17) is 16.7 Å². The molecular formula is C25H22ClN3O4S2. The normalized spacial score (nSPS) is 14.7. The Balaban J connectivity index is 1.43. The van der Waals surface area contributed by atoms with Crippen LogP contribution in [0.25, 0.3) is 6.08 Å². The first-order valence-electron chi connectivity index (χ1n) is 10.6. The van der Waals surface area contributed by atoms with Crippen molar-refractivity contribution >= 4 is 57.0 Å². The first kappa shape index (κ1) is 25.0. The third kappa shape index (κ3) is 5.76. The van der Waals surface area contributed by atoms with Crippen LogP contribution in [0.15, 0.2) is 81.4 Å². The maximum absolute atomic E-state index is 12.9. The maximum atomic E-state index is 12.9. The van der Waals surface area contributed by atoms with Gasteiger partial charge in [-0.1, -0.05) is 53.7 Å². The van der Waals surface area contributed by atoms with Crippen LogP contribution in [0.2, 0.25) is 5.02 Å². The largest absolute Gasteiger partial charge is 0.352 e. The summed E-state index contributed by atoms with van der Waals surface area (Å²) in [7, 11) is -2.06. The van der Waals surface area contributed by atoms with Gasteiger partial charge in [-0.3, -0.25) is 9.59 Å². The summed E-state index contributed by atoms with van der Waals surface area (Å²) in [6.07, 6.45) is 2.29. The maximum Gasteiger partial charge on any atom is 0.264 e. The zero-order valence-electron chi connectivity index (χ0n) is 18.7. The van der Waals surface area contributed by atoms with Crippen LogP contribution in [0.5, 0.6) is 0 Å². The molecule has 2 amide bonds. The highest BCUT2D eigenvalue weighted by molar-refractivity contribution is 8.04. The number of carbonyl (C=O) groups is 2. The highest BCUT2D eigenvalue weighted by atomic mass is 35.5. The van der Waals surface area contributed by atoms with Crippen molar-refractivity contribution < 1.29 is 18.0 Å². The molecule has 0 saturated heterocycles. The lowest BCUT2D eigenvalue weighted by Gasteiger charge is -2.27. The molecule has 3 aromatic rings. The van der Waals surface area contributed by atoms with Gasteiger partial charge in [0.25, 0.3) is 11.8 Å². The summed E-state index contributed by atoms with van der Waals surface area (Å²) in [4.78, 5) is 28.6. The second kappa shape index (κ2) is 10.2. The lowest BCUT2D eigenvalue weighted by atomic mass is 10.1. The van der Waals surface area contributed by atoms with Gasteiger partial charge in [-0.25, -0.2) is 13.6 Å². The predicted molar refractivity (Wildman–Crippen MR) is 139 cm³/mol. The third-order valence-corrected chi connectivity index (χ3v) is 7.81. The van der Waals surface area contributed by atoms with Crippen molar-refractivity contribution in [3.05, 3.63) is 93.3 Å². The molecule has 3 N–H and O–H groups in total. The Morgan fingerprint density at radius 1 is 1.11 bits per heavy atom. The van der Waals surface area contributed by atoms with Crippen LogP contribution in [-0.4, -0.2) is 33.8 Å². The van der Waals surface area contributed by atoms with Crippen molar-refractivity contribution in [2.45, 2.75) is 16.2 Å². The molecule has 4 rings (SSSR count). The van der Waals surface area contributed by atoms with Gasteiger partial charge in [0.05, 0.1) is 15.5 Å². The summed E-state index contributed by atoms with van der Waals surface area (Å²) >= 11 is 7.58. The van der Waals surface area contributed by atoms with Gasteiger partial charge in [0.15, 0.2) is 0 Å². The number of fused-ring (bicyclic) bond motifs is 1. The van der Waals surface area contributed by atoms with E-state index in [1.54, 1.807) is 43.5 Å². The van der Waals surface area contributed by atoms with Crippen LogP contribution in [0, 0.1) is 0 Å². The third-order valence-electron chi connectivity index (χ3n) is 5.46. The molecule has 180 valence electrons. The van der Waals surface area contributed by atoms with E-state index in [2.05, 4.69) is 5.32 Å². The summed E-state index contributed by atoms with van der Waals surface area (Å²) in [5.74, 6) is -0.444. The Hall–Kier alpha value is -3.11. The summed E-state index contributed by atoms with van der Waals surface area (Å²) in [6, 6.07) is 18.8. The number of amides is 2. The number of primary sulfonamides is 1. The van der Waals surface area contributed by atoms with E-state index in [-0.39, 0.29) is 16.7 Å². The average Bonchev–Trinajstić information content (AvgIpc) is 2.83. The molecule has 1 heterocycles. The summed E-state index contributed by atoms with van der Waals surface area (Å²) < 4.78 is 22.7. The second-order valence-electron chi connectivity index (χ2n) is 7.87. The lowest BCUT2D eigenvalue weighted by Crippen LogP contribution is -2.31. The molecule has 1 aliphatic heterocycles. The molecule has 0 radical (unpaired) electrons. The topological polar surface area (TPSA) is 110 Å². The van der Waals surface area contributed by atoms with Crippen molar-refractivity contribution in [3.63, 3.8) is 0 Å². The number of nitrogens with zero attached hydrogens (tertiary/aromatic N) is 1. The van der Waals surface area contributed by atoms with Gasteiger partial charge in [-0.2, -0.15) is 0 Å². The fraction of sp³-hybridized carbons (Fsp3) is 0.120. The Bertz CT molecular complexity index is 1440. The number of sulfonamides is 1. The quantitative estimate of drug-likeness (QED) is 0.470. The minimum atomic E-state index is -3.74. The molecular weight excluding hydrogens is 506 g/mol. The minimum absolute atomic E-state index is 0.0424. The van der Waals surface area contributed by atoms with Gasteiger partial charge in [0.2, 0.25) is 10.0 Å². The fourth-order valence-electron chi connectivity index (χ4n) is 3.54. The molecule has 0 fully saturated rings. The average molecular weight is 528 g/mol. The van der Waals surface area contributed by atoms with Gasteiger partial charge in [-0.15, -0.1) is 0 Å². The van der Waals surface area contributed by atoms with Crippen LogP contribution in [-0.2, 0) is 21.2 Å². The van der Waals surface area contributed by atoms with Crippen molar-refractivity contribution in [2.75, 3.05) is 18.5 Å². The Morgan fingerprint density at radius 3 is 2.51 bits per heavy atom. The number of nitrogens with one attached hydrogen (secondary N) is 1. The SMILES string of the molecule is CN1C(=O)C(=Cc2ccccc2Cl)Sc2ccc(C(=O)NCCc3ccc(S(N)(=O)=O)cc3)cc21. The van der Waals surface area contributed by atoms with E-state index in [1.807, 2.05) is 24.3 Å². The van der Waals surface area contributed by atoms with Crippen LogP contribution in [0.1, 0.15) is 21.5 Å². The number of hydrogen-bond donors (Lipinski definition) is 2. The summed E-state index contributed by atoms with van der Waals surface area (Å²) in [6.45, 7) is 0.360.